The van der Waals surface area contributed by atoms with E-state index >= 15 is 0 Å². The number of nitrogens with zero attached hydrogens (tertiary/aromatic N) is 1. The van der Waals surface area contributed by atoms with Gasteiger partial charge in [0.25, 0.3) is 0 Å². The van der Waals surface area contributed by atoms with Crippen LogP contribution in [0.5, 0.6) is 0 Å². The van der Waals surface area contributed by atoms with E-state index in [1.807, 2.05) is 29.1 Å². The zero-order valence-corrected chi connectivity index (χ0v) is 13.5. The molecule has 1 aliphatic rings. The van der Waals surface area contributed by atoms with Crippen LogP contribution in [0.15, 0.2) is 24.5 Å². The Balaban J connectivity index is 1.93. The van der Waals surface area contributed by atoms with Crippen LogP contribution in [0.1, 0.15) is 32.7 Å². The second kappa shape index (κ2) is 6.64. The molecule has 6 heteroatoms. The Labute approximate surface area is 126 Å². The molecule has 1 amide bonds. The van der Waals surface area contributed by atoms with Crippen LogP contribution < -0.4 is 5.32 Å². The molecule has 0 aliphatic carbocycles. The summed E-state index contributed by atoms with van der Waals surface area (Å²) in [5.74, 6) is 0.897. The standard InChI is InChI=1S/C15H24N2O3S/c1-12(2)9-14(17-6-3-4-7-17)15(18)16-10-13-5-8-21(19,20)11-13/h3-4,6-7,12-14H,5,8-11H2,1-2H3,(H,16,18)/t13?,14-/m1/s1. The number of hydrogen-bond acceptors (Lipinski definition) is 3. The molecule has 1 unspecified atom stereocenters. The van der Waals surface area contributed by atoms with Crippen LogP contribution in [-0.2, 0) is 14.6 Å². The smallest absolute Gasteiger partial charge is 0.243 e. The van der Waals surface area contributed by atoms with Crippen LogP contribution in [-0.4, -0.2) is 36.9 Å². The van der Waals surface area contributed by atoms with Gasteiger partial charge < -0.3 is 9.88 Å². The SMILES string of the molecule is CC(C)C[C@H](C(=O)NCC1CCS(=O)(=O)C1)n1cccc1. The lowest BCUT2D eigenvalue weighted by Gasteiger charge is -2.21. The van der Waals surface area contributed by atoms with Gasteiger partial charge in [-0.15, -0.1) is 0 Å². The summed E-state index contributed by atoms with van der Waals surface area (Å²) in [4.78, 5) is 12.4. The van der Waals surface area contributed by atoms with Gasteiger partial charge in [0.2, 0.25) is 5.91 Å². The fourth-order valence-corrected chi connectivity index (χ4v) is 4.62. The molecule has 1 N–H and O–H groups in total. The summed E-state index contributed by atoms with van der Waals surface area (Å²) >= 11 is 0. The average molecular weight is 312 g/mol. The molecule has 1 aromatic rings. The predicted molar refractivity (Wildman–Crippen MR) is 82.7 cm³/mol. The van der Waals surface area contributed by atoms with Crippen molar-refractivity contribution in [1.29, 1.82) is 0 Å². The van der Waals surface area contributed by atoms with Crippen molar-refractivity contribution in [1.82, 2.24) is 9.88 Å². The number of rotatable bonds is 6. The lowest BCUT2D eigenvalue weighted by molar-refractivity contribution is -0.125. The van der Waals surface area contributed by atoms with Gasteiger partial charge in [0.15, 0.2) is 9.84 Å². The Morgan fingerprint density at radius 2 is 2.00 bits per heavy atom. The molecular weight excluding hydrogens is 288 g/mol. The van der Waals surface area contributed by atoms with Gasteiger partial charge >= 0.3 is 0 Å². The summed E-state index contributed by atoms with van der Waals surface area (Å²) < 4.78 is 24.8. The Hall–Kier alpha value is -1.30. The van der Waals surface area contributed by atoms with E-state index in [9.17, 15) is 13.2 Å². The molecular formula is C15H24N2O3S. The Morgan fingerprint density at radius 1 is 1.33 bits per heavy atom. The fraction of sp³-hybridized carbons (Fsp3) is 0.667. The molecule has 0 radical (unpaired) electrons. The van der Waals surface area contributed by atoms with E-state index in [0.717, 1.165) is 6.42 Å². The number of sulfone groups is 1. The minimum Gasteiger partial charge on any atom is -0.354 e. The summed E-state index contributed by atoms with van der Waals surface area (Å²) in [5, 5.41) is 2.93. The maximum absolute atomic E-state index is 12.4. The number of hydrogen-bond donors (Lipinski definition) is 1. The largest absolute Gasteiger partial charge is 0.354 e. The van der Waals surface area contributed by atoms with E-state index in [2.05, 4.69) is 19.2 Å². The first-order valence-corrected chi connectivity index (χ1v) is 9.30. The quantitative estimate of drug-likeness (QED) is 0.868. The van der Waals surface area contributed by atoms with Crippen molar-refractivity contribution in [3.63, 3.8) is 0 Å². The number of amides is 1. The summed E-state index contributed by atoms with van der Waals surface area (Å²) in [6.45, 7) is 4.63. The van der Waals surface area contributed by atoms with Crippen molar-refractivity contribution in [3.8, 4) is 0 Å². The molecule has 0 spiro atoms. The lowest BCUT2D eigenvalue weighted by Crippen LogP contribution is -2.36. The maximum atomic E-state index is 12.4. The van der Waals surface area contributed by atoms with Gasteiger partial charge in [0.05, 0.1) is 11.5 Å². The van der Waals surface area contributed by atoms with Gasteiger partial charge in [-0.2, -0.15) is 0 Å². The highest BCUT2D eigenvalue weighted by molar-refractivity contribution is 7.91. The van der Waals surface area contributed by atoms with Crippen molar-refractivity contribution in [3.05, 3.63) is 24.5 Å². The van der Waals surface area contributed by atoms with E-state index in [0.29, 0.717) is 18.9 Å². The zero-order valence-electron chi connectivity index (χ0n) is 12.7. The van der Waals surface area contributed by atoms with Crippen LogP contribution in [0.3, 0.4) is 0 Å². The van der Waals surface area contributed by atoms with E-state index in [-0.39, 0.29) is 29.4 Å². The molecule has 2 heterocycles. The van der Waals surface area contributed by atoms with Crippen LogP contribution in [0.2, 0.25) is 0 Å². The molecule has 2 rings (SSSR count). The highest BCUT2D eigenvalue weighted by atomic mass is 32.2. The first kappa shape index (κ1) is 16.1. The molecule has 0 aromatic carbocycles. The van der Waals surface area contributed by atoms with E-state index < -0.39 is 9.84 Å². The van der Waals surface area contributed by atoms with Crippen molar-refractivity contribution in [2.45, 2.75) is 32.7 Å². The number of carbonyl (C=O) groups excluding carboxylic acids is 1. The monoisotopic (exact) mass is 312 g/mol. The Kier molecular flexibility index (Phi) is 5.08. The van der Waals surface area contributed by atoms with Gasteiger partial charge in [-0.05, 0) is 36.8 Å². The first-order valence-electron chi connectivity index (χ1n) is 7.48. The fourth-order valence-electron chi connectivity index (χ4n) is 2.76. The normalized spacial score (nSPS) is 22.3. The third kappa shape index (κ3) is 4.59. The molecule has 1 fully saturated rings. The van der Waals surface area contributed by atoms with Crippen LogP contribution >= 0.6 is 0 Å². The van der Waals surface area contributed by atoms with Crippen molar-refractivity contribution in [2.24, 2.45) is 11.8 Å². The maximum Gasteiger partial charge on any atom is 0.243 e. The Bertz CT molecular complexity index is 564. The molecule has 0 saturated carbocycles. The van der Waals surface area contributed by atoms with Crippen molar-refractivity contribution >= 4 is 15.7 Å². The van der Waals surface area contributed by atoms with Gasteiger partial charge in [0.1, 0.15) is 6.04 Å². The van der Waals surface area contributed by atoms with Crippen LogP contribution in [0, 0.1) is 11.8 Å². The highest BCUT2D eigenvalue weighted by Crippen LogP contribution is 2.20. The summed E-state index contributed by atoms with van der Waals surface area (Å²) in [6, 6.07) is 3.59. The second-order valence-corrected chi connectivity index (χ2v) is 8.52. The van der Waals surface area contributed by atoms with Crippen molar-refractivity contribution < 1.29 is 13.2 Å². The summed E-state index contributed by atoms with van der Waals surface area (Å²) in [6.07, 6.45) is 5.21. The first-order chi connectivity index (χ1) is 9.87. The second-order valence-electron chi connectivity index (χ2n) is 6.29. The minimum absolute atomic E-state index is 0.0239. The molecule has 1 aliphatic heterocycles. The third-order valence-electron chi connectivity index (χ3n) is 3.88. The third-order valence-corrected chi connectivity index (χ3v) is 5.71. The molecule has 1 aromatic heterocycles. The van der Waals surface area contributed by atoms with Crippen LogP contribution in [0.25, 0.3) is 0 Å². The van der Waals surface area contributed by atoms with Gasteiger partial charge in [-0.1, -0.05) is 13.8 Å². The number of nitrogens with one attached hydrogen (secondary N) is 1. The molecule has 21 heavy (non-hydrogen) atoms. The topological polar surface area (TPSA) is 68.2 Å². The lowest BCUT2D eigenvalue weighted by atomic mass is 10.0. The molecule has 0 bridgehead atoms. The number of carbonyl (C=O) groups is 1. The van der Waals surface area contributed by atoms with Gasteiger partial charge in [0, 0.05) is 18.9 Å². The molecule has 5 nitrogen and oxygen atoms in total. The minimum atomic E-state index is -2.88. The Morgan fingerprint density at radius 3 is 2.52 bits per heavy atom. The van der Waals surface area contributed by atoms with Gasteiger partial charge in [-0.25, -0.2) is 8.42 Å². The van der Waals surface area contributed by atoms with E-state index in [1.54, 1.807) is 0 Å². The van der Waals surface area contributed by atoms with Crippen molar-refractivity contribution in [2.75, 3.05) is 18.1 Å². The molecule has 118 valence electrons. The van der Waals surface area contributed by atoms with Crippen LogP contribution in [0.4, 0.5) is 0 Å². The summed E-state index contributed by atoms with van der Waals surface area (Å²) in [5.41, 5.74) is 0. The predicted octanol–water partition coefficient (Wildman–Crippen LogP) is 1.63. The average Bonchev–Trinajstić information content (AvgIpc) is 3.02. The number of aromatic nitrogens is 1. The molecule has 1 saturated heterocycles. The van der Waals surface area contributed by atoms with E-state index in [4.69, 9.17) is 0 Å². The van der Waals surface area contributed by atoms with Gasteiger partial charge in [-0.3, -0.25) is 4.79 Å². The summed E-state index contributed by atoms with van der Waals surface area (Å²) in [7, 11) is -2.88. The zero-order chi connectivity index (χ0) is 15.5. The molecule has 2 atom stereocenters. The highest BCUT2D eigenvalue weighted by Gasteiger charge is 2.29. The van der Waals surface area contributed by atoms with E-state index in [1.165, 1.54) is 0 Å².